The van der Waals surface area contributed by atoms with Crippen molar-refractivity contribution in [3.8, 4) is 11.4 Å². The summed E-state index contributed by atoms with van der Waals surface area (Å²) in [6.45, 7) is 0. The van der Waals surface area contributed by atoms with E-state index in [2.05, 4.69) is 20.3 Å². The fraction of sp³-hybridized carbons (Fsp3) is 0. The van der Waals surface area contributed by atoms with E-state index >= 15 is 0 Å². The Bertz CT molecular complexity index is 866. The zero-order chi connectivity index (χ0) is 16.2. The van der Waals surface area contributed by atoms with Crippen molar-refractivity contribution < 1.29 is 9.72 Å². The van der Waals surface area contributed by atoms with Crippen LogP contribution in [-0.2, 0) is 0 Å². The first kappa shape index (κ1) is 14.7. The largest absolute Gasteiger partial charge is 0.345 e. The van der Waals surface area contributed by atoms with Gasteiger partial charge in [-0.25, -0.2) is 9.97 Å². The molecular formula is C14H9N5O3S. The maximum absolute atomic E-state index is 12.2. The molecule has 0 saturated carbocycles. The molecule has 8 nitrogen and oxygen atoms in total. The topological polar surface area (TPSA) is 111 Å². The molecule has 0 spiro atoms. The molecule has 3 heterocycles. The van der Waals surface area contributed by atoms with Gasteiger partial charge in [-0.3, -0.25) is 25.2 Å². The van der Waals surface area contributed by atoms with Gasteiger partial charge >= 0.3 is 5.00 Å². The third kappa shape index (κ3) is 3.35. The second-order valence-corrected chi connectivity index (χ2v) is 5.35. The first-order valence-corrected chi connectivity index (χ1v) is 7.25. The number of carbonyl (C=O) groups excluding carboxylic acids is 1. The lowest BCUT2D eigenvalue weighted by Crippen LogP contribution is -2.13. The summed E-state index contributed by atoms with van der Waals surface area (Å²) in [6, 6.07) is 10.4. The van der Waals surface area contributed by atoms with Crippen LogP contribution in [0.4, 0.5) is 10.1 Å². The first-order valence-electron chi connectivity index (χ1n) is 6.43. The summed E-state index contributed by atoms with van der Waals surface area (Å²) in [5.74, 6) is -0.493. The fourth-order valence-corrected chi connectivity index (χ4v) is 2.41. The van der Waals surface area contributed by atoms with Gasteiger partial charge in [-0.1, -0.05) is 12.1 Å². The number of anilines is 1. The number of hydrogen-bond acceptors (Lipinski definition) is 7. The number of amides is 1. The molecule has 0 bridgehead atoms. The Morgan fingerprint density at radius 2 is 1.96 bits per heavy atom. The number of nitrogens with one attached hydrogen (secondary N) is 1. The van der Waals surface area contributed by atoms with Crippen molar-refractivity contribution in [1.29, 1.82) is 0 Å². The van der Waals surface area contributed by atoms with Gasteiger partial charge in [0.1, 0.15) is 11.9 Å². The molecule has 0 atom stereocenters. The predicted octanol–water partition coefficient (Wildman–Crippen LogP) is 2.76. The Balaban J connectivity index is 1.81. The quantitative estimate of drug-likeness (QED) is 0.582. The smallest absolute Gasteiger partial charge is 0.296 e. The molecule has 3 aromatic rings. The highest BCUT2D eigenvalue weighted by Crippen LogP contribution is 2.25. The Morgan fingerprint density at radius 3 is 2.65 bits per heavy atom. The molecule has 9 heteroatoms. The van der Waals surface area contributed by atoms with Gasteiger partial charge < -0.3 is 0 Å². The lowest BCUT2D eigenvalue weighted by Gasteiger charge is -2.03. The molecule has 1 N–H and O–H groups in total. The van der Waals surface area contributed by atoms with Crippen LogP contribution in [0.3, 0.4) is 0 Å². The zero-order valence-electron chi connectivity index (χ0n) is 11.5. The number of hydrogen-bond donors (Lipinski definition) is 1. The van der Waals surface area contributed by atoms with Gasteiger partial charge in [0.15, 0.2) is 5.13 Å². The van der Waals surface area contributed by atoms with Gasteiger partial charge in [0.05, 0.1) is 16.3 Å². The SMILES string of the molecule is O=C(Nc1ncc([N+](=O)[O-])s1)c1cccc(-c2ccccn2)n1. The number of rotatable bonds is 4. The molecule has 0 aliphatic heterocycles. The van der Waals surface area contributed by atoms with Gasteiger partial charge in [0.25, 0.3) is 5.91 Å². The molecule has 0 aliphatic carbocycles. The minimum atomic E-state index is -0.562. The molecule has 23 heavy (non-hydrogen) atoms. The fourth-order valence-electron chi connectivity index (χ4n) is 1.79. The van der Waals surface area contributed by atoms with E-state index in [9.17, 15) is 14.9 Å². The van der Waals surface area contributed by atoms with Crippen molar-refractivity contribution >= 4 is 27.4 Å². The maximum atomic E-state index is 12.2. The summed E-state index contributed by atoms with van der Waals surface area (Å²) < 4.78 is 0. The molecular weight excluding hydrogens is 318 g/mol. The van der Waals surface area contributed by atoms with Gasteiger partial charge in [0.2, 0.25) is 0 Å². The number of nitrogens with zero attached hydrogens (tertiary/aromatic N) is 4. The Morgan fingerprint density at radius 1 is 1.13 bits per heavy atom. The monoisotopic (exact) mass is 327 g/mol. The highest BCUT2D eigenvalue weighted by atomic mass is 32.1. The van der Waals surface area contributed by atoms with Crippen molar-refractivity contribution in [1.82, 2.24) is 15.0 Å². The molecule has 0 saturated heterocycles. The third-order valence-corrected chi connectivity index (χ3v) is 3.67. The molecule has 3 rings (SSSR count). The van der Waals surface area contributed by atoms with Crippen molar-refractivity contribution in [3.05, 3.63) is 64.6 Å². The number of pyridine rings is 2. The van der Waals surface area contributed by atoms with Crippen LogP contribution in [0.15, 0.2) is 48.8 Å². The van der Waals surface area contributed by atoms with E-state index < -0.39 is 10.8 Å². The molecule has 0 radical (unpaired) electrons. The summed E-state index contributed by atoms with van der Waals surface area (Å²) in [5, 5.41) is 13.1. The van der Waals surface area contributed by atoms with Gasteiger partial charge in [-0.15, -0.1) is 0 Å². The molecule has 0 aromatic carbocycles. The van der Waals surface area contributed by atoms with Crippen LogP contribution >= 0.6 is 11.3 Å². The highest BCUT2D eigenvalue weighted by molar-refractivity contribution is 7.18. The Labute approximate surface area is 134 Å². The van der Waals surface area contributed by atoms with Crippen molar-refractivity contribution in [3.63, 3.8) is 0 Å². The Kier molecular flexibility index (Phi) is 4.02. The lowest BCUT2D eigenvalue weighted by atomic mass is 10.2. The van der Waals surface area contributed by atoms with Crippen LogP contribution in [0.25, 0.3) is 11.4 Å². The van der Waals surface area contributed by atoms with Gasteiger partial charge in [-0.05, 0) is 35.6 Å². The molecule has 1 amide bonds. The van der Waals surface area contributed by atoms with Crippen LogP contribution in [-0.4, -0.2) is 25.8 Å². The summed E-state index contributed by atoms with van der Waals surface area (Å²) in [6.07, 6.45) is 2.73. The van der Waals surface area contributed by atoms with Crippen LogP contribution in [0, 0.1) is 10.1 Å². The number of thiazole rings is 1. The lowest BCUT2D eigenvalue weighted by molar-refractivity contribution is -0.380. The van der Waals surface area contributed by atoms with E-state index in [1.807, 2.05) is 6.07 Å². The van der Waals surface area contributed by atoms with Crippen molar-refractivity contribution in [2.24, 2.45) is 0 Å². The molecule has 114 valence electrons. The molecule has 3 aromatic heterocycles. The summed E-state index contributed by atoms with van der Waals surface area (Å²) in [5.41, 5.74) is 1.38. The minimum Gasteiger partial charge on any atom is -0.296 e. The van der Waals surface area contributed by atoms with E-state index in [0.717, 1.165) is 17.5 Å². The van der Waals surface area contributed by atoms with Crippen LogP contribution in [0.5, 0.6) is 0 Å². The summed E-state index contributed by atoms with van der Waals surface area (Å²) in [4.78, 5) is 34.4. The number of aromatic nitrogens is 3. The van der Waals surface area contributed by atoms with Crippen LogP contribution in [0.2, 0.25) is 0 Å². The molecule has 0 unspecified atom stereocenters. The highest BCUT2D eigenvalue weighted by Gasteiger charge is 2.15. The van der Waals surface area contributed by atoms with Crippen LogP contribution in [0.1, 0.15) is 10.5 Å². The van der Waals surface area contributed by atoms with Gasteiger partial charge in [0, 0.05) is 6.20 Å². The predicted molar refractivity (Wildman–Crippen MR) is 84.2 cm³/mol. The average Bonchev–Trinajstić information content (AvgIpc) is 3.04. The normalized spacial score (nSPS) is 10.3. The Hall–Kier alpha value is -3.20. The first-order chi connectivity index (χ1) is 11.1. The van der Waals surface area contributed by atoms with Gasteiger partial charge in [-0.2, -0.15) is 0 Å². The van der Waals surface area contributed by atoms with Crippen molar-refractivity contribution in [2.75, 3.05) is 5.32 Å². The average molecular weight is 327 g/mol. The number of carbonyl (C=O) groups is 1. The zero-order valence-corrected chi connectivity index (χ0v) is 12.4. The second-order valence-electron chi connectivity index (χ2n) is 4.34. The summed E-state index contributed by atoms with van der Waals surface area (Å²) in [7, 11) is 0. The van der Waals surface area contributed by atoms with E-state index in [-0.39, 0.29) is 15.8 Å². The standard InChI is InChI=1S/C14H9N5O3S/c20-13(18-14-16-8-12(23-14)19(21)22)11-6-3-5-10(17-11)9-4-1-2-7-15-9/h1-8H,(H,16,18,20). The van der Waals surface area contributed by atoms with E-state index in [4.69, 9.17) is 0 Å². The van der Waals surface area contributed by atoms with E-state index in [1.54, 1.807) is 36.5 Å². The summed E-state index contributed by atoms with van der Waals surface area (Å²) >= 11 is 0.782. The van der Waals surface area contributed by atoms with Crippen LogP contribution < -0.4 is 5.32 Å². The molecule has 0 fully saturated rings. The minimum absolute atomic E-state index is 0.143. The van der Waals surface area contributed by atoms with E-state index in [1.165, 1.54) is 0 Å². The third-order valence-electron chi connectivity index (χ3n) is 2.80. The van der Waals surface area contributed by atoms with E-state index in [0.29, 0.717) is 11.4 Å². The number of nitro groups is 1. The molecule has 0 aliphatic rings. The second kappa shape index (κ2) is 6.28. The maximum Gasteiger partial charge on any atom is 0.345 e. The van der Waals surface area contributed by atoms with Crippen molar-refractivity contribution in [2.45, 2.75) is 0 Å².